The minimum absolute atomic E-state index is 0.0497. The molecule has 2 saturated carbocycles. The number of nitriles is 1. The highest BCUT2D eigenvalue weighted by atomic mass is 35.5. The fraction of sp³-hybridized carbons (Fsp3) is 0.316. The molecule has 11 heteroatoms. The van der Waals surface area contributed by atoms with Gasteiger partial charge in [0.05, 0.1) is 33.8 Å². The van der Waals surface area contributed by atoms with Crippen LogP contribution in [0.3, 0.4) is 0 Å². The van der Waals surface area contributed by atoms with Gasteiger partial charge in [0.25, 0.3) is 11.8 Å². The Balaban J connectivity index is 0.000000130. The van der Waals surface area contributed by atoms with Gasteiger partial charge in [0.1, 0.15) is 11.2 Å². The second-order valence-electron chi connectivity index (χ2n) is 14.3. The van der Waals surface area contributed by atoms with E-state index in [-0.39, 0.29) is 22.6 Å². The highest BCUT2D eigenvalue weighted by molar-refractivity contribution is 6.29. The molecule has 0 saturated heterocycles. The molecule has 2 aliphatic heterocycles. The topological polar surface area (TPSA) is 152 Å². The van der Waals surface area contributed by atoms with E-state index in [0.29, 0.717) is 10.7 Å². The fourth-order valence-electron chi connectivity index (χ4n) is 8.47. The van der Waals surface area contributed by atoms with Gasteiger partial charge in [-0.05, 0) is 91.8 Å². The summed E-state index contributed by atoms with van der Waals surface area (Å²) in [4.78, 5) is 45.1. The average molecular weight is 667 g/mol. The van der Waals surface area contributed by atoms with Crippen LogP contribution in [0.25, 0.3) is 33.8 Å². The van der Waals surface area contributed by atoms with Crippen molar-refractivity contribution >= 4 is 23.4 Å². The maximum atomic E-state index is 12.6. The fourth-order valence-corrected chi connectivity index (χ4v) is 8.62. The molecule has 7 heterocycles. The molecule has 0 bridgehead atoms. The number of carbonyl (C=O) groups excluding carboxylic acids is 2. The van der Waals surface area contributed by atoms with Crippen LogP contribution in [0.4, 0.5) is 0 Å². The van der Waals surface area contributed by atoms with Crippen LogP contribution < -0.4 is 10.6 Å². The summed E-state index contributed by atoms with van der Waals surface area (Å²) in [5.41, 5.74) is 15.5. The zero-order chi connectivity index (χ0) is 33.1. The van der Waals surface area contributed by atoms with Crippen molar-refractivity contribution < 1.29 is 9.59 Å². The molecule has 242 valence electrons. The van der Waals surface area contributed by atoms with E-state index in [9.17, 15) is 9.59 Å². The molecule has 0 atom stereocenters. The number of nitrogens with zero attached hydrogens (tertiary/aromatic N) is 4. The Morgan fingerprint density at radius 2 is 1.29 bits per heavy atom. The van der Waals surface area contributed by atoms with Crippen molar-refractivity contribution in [2.75, 3.05) is 13.1 Å². The van der Waals surface area contributed by atoms with E-state index >= 15 is 0 Å². The Morgan fingerprint density at radius 3 is 1.86 bits per heavy atom. The van der Waals surface area contributed by atoms with Crippen molar-refractivity contribution in [3.8, 4) is 39.8 Å². The van der Waals surface area contributed by atoms with Crippen LogP contribution in [0.1, 0.15) is 85.6 Å². The van der Waals surface area contributed by atoms with E-state index in [4.69, 9.17) is 16.9 Å². The number of carbonyl (C=O) groups is 2. The summed E-state index contributed by atoms with van der Waals surface area (Å²) in [5, 5.41) is 15.8. The van der Waals surface area contributed by atoms with Gasteiger partial charge in [0.15, 0.2) is 0 Å². The molecule has 4 N–H and O–H groups in total. The zero-order valence-electron chi connectivity index (χ0n) is 26.6. The first-order valence-electron chi connectivity index (χ1n) is 16.9. The monoisotopic (exact) mass is 666 g/mol. The second-order valence-corrected chi connectivity index (χ2v) is 14.7. The smallest absolute Gasteiger partial charge is 0.253 e. The van der Waals surface area contributed by atoms with Crippen molar-refractivity contribution in [1.29, 1.82) is 5.26 Å². The molecule has 4 aliphatic carbocycles. The first-order valence-corrected chi connectivity index (χ1v) is 17.3. The normalized spacial score (nSPS) is 19.0. The predicted octanol–water partition coefficient (Wildman–Crippen LogP) is 5.49. The van der Waals surface area contributed by atoms with Gasteiger partial charge >= 0.3 is 0 Å². The highest BCUT2D eigenvalue weighted by Crippen LogP contribution is 2.54. The number of rotatable bonds is 1. The van der Waals surface area contributed by atoms with Gasteiger partial charge in [0.2, 0.25) is 0 Å². The number of H-pyrrole nitrogens is 2. The van der Waals surface area contributed by atoms with E-state index < -0.39 is 0 Å². The first-order chi connectivity index (χ1) is 23.9. The summed E-state index contributed by atoms with van der Waals surface area (Å²) in [5.74, 6) is 0.123. The Morgan fingerprint density at radius 1 is 0.714 bits per heavy atom. The van der Waals surface area contributed by atoms with Crippen molar-refractivity contribution in [2.45, 2.75) is 62.2 Å². The number of pyridine rings is 3. The zero-order valence-corrected chi connectivity index (χ0v) is 27.4. The number of hydrogen-bond acceptors (Lipinski definition) is 6. The van der Waals surface area contributed by atoms with Crippen molar-refractivity contribution in [1.82, 2.24) is 35.6 Å². The first kappa shape index (κ1) is 28.7. The van der Waals surface area contributed by atoms with E-state index in [1.165, 1.54) is 11.1 Å². The van der Waals surface area contributed by atoms with Gasteiger partial charge < -0.3 is 20.6 Å². The van der Waals surface area contributed by atoms with Gasteiger partial charge in [-0.25, -0.2) is 4.98 Å². The van der Waals surface area contributed by atoms with Crippen LogP contribution in [0, 0.1) is 11.3 Å². The summed E-state index contributed by atoms with van der Waals surface area (Å²) in [6.07, 6.45) is 15.1. The van der Waals surface area contributed by atoms with Gasteiger partial charge in [-0.1, -0.05) is 11.6 Å². The summed E-state index contributed by atoms with van der Waals surface area (Å²) >= 11 is 6.06. The third-order valence-corrected chi connectivity index (χ3v) is 11.7. The minimum atomic E-state index is 0.0497. The van der Waals surface area contributed by atoms with Gasteiger partial charge in [-0.2, -0.15) is 5.26 Å². The van der Waals surface area contributed by atoms with E-state index in [0.717, 1.165) is 132 Å². The van der Waals surface area contributed by atoms with Crippen LogP contribution in [0.5, 0.6) is 0 Å². The number of halogens is 1. The van der Waals surface area contributed by atoms with Gasteiger partial charge in [-0.3, -0.25) is 19.6 Å². The van der Waals surface area contributed by atoms with Gasteiger partial charge in [-0.15, -0.1) is 0 Å². The van der Waals surface area contributed by atoms with E-state index in [1.807, 2.05) is 18.5 Å². The van der Waals surface area contributed by atoms with Crippen molar-refractivity contribution in [3.05, 3.63) is 98.5 Å². The predicted molar refractivity (Wildman–Crippen MR) is 182 cm³/mol. The lowest BCUT2D eigenvalue weighted by molar-refractivity contribution is 0.0928. The lowest BCUT2D eigenvalue weighted by atomic mass is 9.86. The molecule has 5 aromatic rings. The van der Waals surface area contributed by atoms with Crippen LogP contribution in [0.2, 0.25) is 5.15 Å². The largest absolute Gasteiger partial charge is 0.357 e. The van der Waals surface area contributed by atoms with Crippen LogP contribution in [-0.4, -0.2) is 49.8 Å². The molecule has 49 heavy (non-hydrogen) atoms. The Bertz CT molecular complexity index is 2340. The number of amides is 2. The molecule has 10 nitrogen and oxygen atoms in total. The summed E-state index contributed by atoms with van der Waals surface area (Å²) in [6, 6.07) is 7.90. The lowest BCUT2D eigenvalue weighted by Gasteiger charge is -2.23. The standard InChI is InChI=1S/C22H17N5O.C16H14ClN3O/c23-7-12-5-14(9-24-8-12)17-6-16-13(10-25-17)1-2-15-18-20(27-19(15)16)22(3-4-22)11-26-21(18)28;17-11-5-10-8(6-18-11)1-2-9-12-14(20-13(9)10)16(3-4-16)7-19-15(12)21/h5-6,8-10,27H,1-4,11H2,(H,26,28);5-6,20H,1-4,7H2,(H,19,21). The Kier molecular flexibility index (Phi) is 5.93. The van der Waals surface area contributed by atoms with Crippen LogP contribution in [0.15, 0.2) is 43.0 Å². The maximum absolute atomic E-state index is 12.6. The number of nitrogens with one attached hydrogen (secondary N) is 4. The van der Waals surface area contributed by atoms with E-state index in [1.54, 1.807) is 18.5 Å². The van der Waals surface area contributed by atoms with Crippen LogP contribution >= 0.6 is 11.6 Å². The number of aromatic nitrogens is 5. The number of fused-ring (bicyclic) bond motifs is 12. The molecular formula is C38H31ClN8O2. The molecule has 2 fully saturated rings. The third kappa shape index (κ3) is 4.28. The lowest BCUT2D eigenvalue weighted by Crippen LogP contribution is -2.39. The van der Waals surface area contributed by atoms with Crippen molar-refractivity contribution in [2.24, 2.45) is 0 Å². The Labute approximate surface area is 286 Å². The highest BCUT2D eigenvalue weighted by Gasteiger charge is 2.53. The molecule has 2 amide bonds. The minimum Gasteiger partial charge on any atom is -0.357 e. The summed E-state index contributed by atoms with van der Waals surface area (Å²) in [7, 11) is 0. The number of hydrogen-bond donors (Lipinski definition) is 4. The van der Waals surface area contributed by atoms with Crippen LogP contribution in [-0.2, 0) is 36.5 Å². The quantitative estimate of drug-likeness (QED) is 0.174. The summed E-state index contributed by atoms with van der Waals surface area (Å²) in [6.45, 7) is 1.50. The van der Waals surface area contributed by atoms with Crippen molar-refractivity contribution in [3.63, 3.8) is 0 Å². The molecule has 0 radical (unpaired) electrons. The average Bonchev–Trinajstić information content (AvgIpc) is 4.01. The molecule has 6 aliphatic rings. The van der Waals surface area contributed by atoms with E-state index in [2.05, 4.69) is 47.7 Å². The molecule has 0 unspecified atom stereocenters. The third-order valence-electron chi connectivity index (χ3n) is 11.5. The summed E-state index contributed by atoms with van der Waals surface area (Å²) < 4.78 is 0. The molecule has 11 rings (SSSR count). The number of aryl methyl sites for hydroxylation is 2. The molecule has 0 aromatic carbocycles. The maximum Gasteiger partial charge on any atom is 0.253 e. The number of aromatic amines is 2. The Hall–Kier alpha value is -5.27. The van der Waals surface area contributed by atoms with Gasteiger partial charge in [0, 0.05) is 76.8 Å². The second kappa shape index (κ2) is 10.1. The molecule has 2 spiro atoms. The molecule has 5 aromatic heterocycles. The molecular weight excluding hydrogens is 636 g/mol. The SMILES string of the molecule is N#Cc1cncc(-c2cc3c(cn2)CCc2c-3[nH]c3c2C(=O)NCC32CC2)c1.O=C1NCC2(CC2)c2[nH]c3c(c21)CCc1cnc(Cl)cc1-3.